The van der Waals surface area contributed by atoms with Crippen LogP contribution in [-0.4, -0.2) is 40.9 Å². The second-order valence-corrected chi connectivity index (χ2v) is 5.49. The zero-order chi connectivity index (χ0) is 14.8. The Morgan fingerprint density at radius 3 is 2.95 bits per heavy atom. The number of hydrogen-bond donors (Lipinski definition) is 2. The summed E-state index contributed by atoms with van der Waals surface area (Å²) in [6.45, 7) is 1.72. The van der Waals surface area contributed by atoms with Crippen molar-refractivity contribution in [2.75, 3.05) is 24.6 Å². The minimum absolute atomic E-state index is 0.0646. The number of aliphatic hydroxyl groups excluding tert-OH is 1. The first kappa shape index (κ1) is 13.8. The molecule has 5 nitrogen and oxygen atoms in total. The number of aromatic nitrogens is 1. The Balaban J connectivity index is 2.09. The first-order chi connectivity index (χ1) is 10.2. The summed E-state index contributed by atoms with van der Waals surface area (Å²) in [5.41, 5.74) is 0.0646. The zero-order valence-corrected chi connectivity index (χ0v) is 11.7. The molecule has 1 saturated heterocycles. The van der Waals surface area contributed by atoms with Crippen LogP contribution in [-0.2, 0) is 0 Å². The van der Waals surface area contributed by atoms with Gasteiger partial charge in [0, 0.05) is 25.1 Å². The molecule has 5 heteroatoms. The van der Waals surface area contributed by atoms with Crippen LogP contribution in [0.3, 0.4) is 0 Å². The molecule has 21 heavy (non-hydrogen) atoms. The Morgan fingerprint density at radius 1 is 1.38 bits per heavy atom. The molecule has 1 unspecified atom stereocenters. The molecule has 0 spiro atoms. The van der Waals surface area contributed by atoms with Gasteiger partial charge in [0.15, 0.2) is 5.69 Å². The lowest BCUT2D eigenvalue weighted by Gasteiger charge is -2.33. The van der Waals surface area contributed by atoms with Crippen LogP contribution < -0.4 is 4.90 Å². The molecule has 1 atom stereocenters. The third-order valence-corrected chi connectivity index (χ3v) is 4.02. The molecule has 2 aromatic rings. The molecule has 110 valence electrons. The number of carboxylic acid groups (broad SMARTS) is 1. The summed E-state index contributed by atoms with van der Waals surface area (Å²) in [6, 6.07) is 9.30. The first-order valence-electron chi connectivity index (χ1n) is 7.18. The van der Waals surface area contributed by atoms with Gasteiger partial charge in [0.1, 0.15) is 5.82 Å². The van der Waals surface area contributed by atoms with Crippen molar-refractivity contribution in [1.29, 1.82) is 0 Å². The average molecular weight is 286 g/mol. The van der Waals surface area contributed by atoms with E-state index < -0.39 is 5.97 Å². The maximum atomic E-state index is 11.3. The van der Waals surface area contributed by atoms with E-state index in [0.717, 1.165) is 36.7 Å². The highest BCUT2D eigenvalue weighted by molar-refractivity contribution is 5.98. The largest absolute Gasteiger partial charge is 0.477 e. The van der Waals surface area contributed by atoms with Crippen molar-refractivity contribution in [3.63, 3.8) is 0 Å². The molecular weight excluding hydrogens is 268 g/mol. The number of carboxylic acids is 1. The third-order valence-electron chi connectivity index (χ3n) is 4.02. The van der Waals surface area contributed by atoms with Gasteiger partial charge in [0.2, 0.25) is 0 Å². The highest BCUT2D eigenvalue weighted by atomic mass is 16.4. The van der Waals surface area contributed by atoms with Crippen LogP contribution in [0.2, 0.25) is 0 Å². The number of hydrogen-bond acceptors (Lipinski definition) is 4. The highest BCUT2D eigenvalue weighted by Gasteiger charge is 2.23. The molecule has 2 N–H and O–H groups in total. The molecule has 0 amide bonds. The van der Waals surface area contributed by atoms with Crippen LogP contribution >= 0.6 is 0 Å². The number of anilines is 1. The number of aromatic carboxylic acids is 1. The van der Waals surface area contributed by atoms with Crippen LogP contribution in [0.5, 0.6) is 0 Å². The maximum absolute atomic E-state index is 11.3. The van der Waals surface area contributed by atoms with Crippen molar-refractivity contribution in [2.45, 2.75) is 12.8 Å². The molecule has 0 saturated carbocycles. The topological polar surface area (TPSA) is 73.7 Å². The normalized spacial score (nSPS) is 18.9. The Labute approximate surface area is 122 Å². The Morgan fingerprint density at radius 2 is 2.19 bits per heavy atom. The van der Waals surface area contributed by atoms with E-state index >= 15 is 0 Å². The molecule has 1 fully saturated rings. The van der Waals surface area contributed by atoms with Gasteiger partial charge in [-0.25, -0.2) is 9.78 Å². The minimum Gasteiger partial charge on any atom is -0.477 e. The fraction of sp³-hybridized carbons (Fsp3) is 0.375. The summed E-state index contributed by atoms with van der Waals surface area (Å²) in [4.78, 5) is 17.7. The summed E-state index contributed by atoms with van der Waals surface area (Å²) >= 11 is 0. The van der Waals surface area contributed by atoms with E-state index in [4.69, 9.17) is 0 Å². The SMILES string of the molecule is O=C(O)c1cc2ccccc2c(N2CCCC(CO)C2)n1. The second kappa shape index (κ2) is 5.69. The molecule has 0 aliphatic carbocycles. The van der Waals surface area contributed by atoms with E-state index in [1.165, 1.54) is 0 Å². The molecule has 2 heterocycles. The maximum Gasteiger partial charge on any atom is 0.354 e. The van der Waals surface area contributed by atoms with Crippen molar-refractivity contribution >= 4 is 22.6 Å². The fourth-order valence-electron chi connectivity index (χ4n) is 2.94. The van der Waals surface area contributed by atoms with Crippen molar-refractivity contribution in [1.82, 2.24) is 4.98 Å². The monoisotopic (exact) mass is 286 g/mol. The van der Waals surface area contributed by atoms with Gasteiger partial charge in [-0.05, 0) is 30.2 Å². The fourth-order valence-corrected chi connectivity index (χ4v) is 2.94. The summed E-state index contributed by atoms with van der Waals surface area (Å²) in [6.07, 6.45) is 1.99. The molecule has 1 aliphatic heterocycles. The Hall–Kier alpha value is -2.14. The smallest absolute Gasteiger partial charge is 0.354 e. The van der Waals surface area contributed by atoms with E-state index in [0.29, 0.717) is 5.82 Å². The summed E-state index contributed by atoms with van der Waals surface area (Å²) in [5, 5.41) is 20.5. The average Bonchev–Trinajstić information content (AvgIpc) is 2.53. The number of fused-ring (bicyclic) bond motifs is 1. The van der Waals surface area contributed by atoms with Crippen molar-refractivity contribution in [2.24, 2.45) is 5.92 Å². The molecular formula is C16H18N2O3. The third kappa shape index (κ3) is 2.69. The number of carbonyl (C=O) groups is 1. The highest BCUT2D eigenvalue weighted by Crippen LogP contribution is 2.29. The summed E-state index contributed by atoms with van der Waals surface area (Å²) < 4.78 is 0. The van der Waals surface area contributed by atoms with E-state index in [9.17, 15) is 15.0 Å². The standard InChI is InChI=1S/C16H18N2O3/c19-10-11-4-3-7-18(9-11)15-13-6-2-1-5-12(13)8-14(17-15)16(20)21/h1-2,5-6,8,11,19H,3-4,7,9-10H2,(H,20,21). The molecule has 1 aliphatic rings. The minimum atomic E-state index is -1.02. The van der Waals surface area contributed by atoms with Crippen molar-refractivity contribution in [3.8, 4) is 0 Å². The van der Waals surface area contributed by atoms with Crippen LogP contribution in [0.4, 0.5) is 5.82 Å². The lowest BCUT2D eigenvalue weighted by molar-refractivity contribution is 0.0690. The number of benzene rings is 1. The quantitative estimate of drug-likeness (QED) is 0.904. The molecule has 0 bridgehead atoms. The molecule has 1 aromatic heterocycles. The Kier molecular flexibility index (Phi) is 3.75. The van der Waals surface area contributed by atoms with Crippen molar-refractivity contribution < 1.29 is 15.0 Å². The van der Waals surface area contributed by atoms with Crippen LogP contribution in [0.1, 0.15) is 23.3 Å². The van der Waals surface area contributed by atoms with Crippen LogP contribution in [0, 0.1) is 5.92 Å². The van der Waals surface area contributed by atoms with Gasteiger partial charge in [0.05, 0.1) is 0 Å². The van der Waals surface area contributed by atoms with Gasteiger partial charge in [0.25, 0.3) is 0 Å². The van der Waals surface area contributed by atoms with Gasteiger partial charge in [-0.15, -0.1) is 0 Å². The molecule has 3 rings (SSSR count). The van der Waals surface area contributed by atoms with Gasteiger partial charge in [-0.3, -0.25) is 0 Å². The number of aliphatic hydroxyl groups is 1. The van der Waals surface area contributed by atoms with Gasteiger partial charge >= 0.3 is 5.97 Å². The summed E-state index contributed by atoms with van der Waals surface area (Å²) in [7, 11) is 0. The van der Waals surface area contributed by atoms with E-state index in [-0.39, 0.29) is 18.2 Å². The van der Waals surface area contributed by atoms with Crippen molar-refractivity contribution in [3.05, 3.63) is 36.0 Å². The number of pyridine rings is 1. The van der Waals surface area contributed by atoms with Crippen LogP contribution in [0.15, 0.2) is 30.3 Å². The van der Waals surface area contributed by atoms with E-state index in [1.54, 1.807) is 6.07 Å². The zero-order valence-electron chi connectivity index (χ0n) is 11.7. The van der Waals surface area contributed by atoms with E-state index in [1.807, 2.05) is 24.3 Å². The number of rotatable bonds is 3. The lowest BCUT2D eigenvalue weighted by Crippen LogP contribution is -2.37. The molecule has 0 radical (unpaired) electrons. The second-order valence-electron chi connectivity index (χ2n) is 5.49. The predicted octanol–water partition coefficient (Wildman–Crippen LogP) is 2.14. The Bertz CT molecular complexity index is 672. The predicted molar refractivity (Wildman–Crippen MR) is 80.7 cm³/mol. The lowest BCUT2D eigenvalue weighted by atomic mass is 9.98. The van der Waals surface area contributed by atoms with Crippen LogP contribution in [0.25, 0.3) is 10.8 Å². The van der Waals surface area contributed by atoms with E-state index in [2.05, 4.69) is 9.88 Å². The van der Waals surface area contributed by atoms with Gasteiger partial charge in [-0.1, -0.05) is 24.3 Å². The molecule has 1 aromatic carbocycles. The number of nitrogens with zero attached hydrogens (tertiary/aromatic N) is 2. The summed E-state index contributed by atoms with van der Waals surface area (Å²) in [5.74, 6) is -0.0748. The number of piperidine rings is 1. The van der Waals surface area contributed by atoms with Gasteiger partial charge in [-0.2, -0.15) is 0 Å². The van der Waals surface area contributed by atoms with Gasteiger partial charge < -0.3 is 15.1 Å². The first-order valence-corrected chi connectivity index (χ1v) is 7.18.